The summed E-state index contributed by atoms with van der Waals surface area (Å²) in [6, 6.07) is 3.54. The van der Waals surface area contributed by atoms with Crippen molar-refractivity contribution in [3.05, 3.63) is 24.5 Å². The molecule has 0 aromatic carbocycles. The van der Waals surface area contributed by atoms with E-state index in [4.69, 9.17) is 0 Å². The first-order valence-corrected chi connectivity index (χ1v) is 8.08. The Hall–Kier alpha value is -1.91. The van der Waals surface area contributed by atoms with Gasteiger partial charge in [-0.25, -0.2) is 4.99 Å². The number of aliphatic imine (C=N–C) groups is 1. The van der Waals surface area contributed by atoms with Crippen LogP contribution < -0.4 is 10.6 Å². The maximum atomic E-state index is 12.0. The van der Waals surface area contributed by atoms with Gasteiger partial charge >= 0.3 is 0 Å². The third-order valence-electron chi connectivity index (χ3n) is 3.68. The molecule has 1 aromatic rings. The molecule has 2 N–H and O–H groups in total. The van der Waals surface area contributed by atoms with Gasteiger partial charge in [0.05, 0.1) is 11.9 Å². The molecule has 1 aromatic heterocycles. The molecule has 8 nitrogen and oxygen atoms in total. The van der Waals surface area contributed by atoms with Gasteiger partial charge < -0.3 is 20.4 Å². The number of aromatic nitrogens is 1. The first-order valence-electron chi connectivity index (χ1n) is 8.08. The quantitative estimate of drug-likeness (QED) is 0.394. The van der Waals surface area contributed by atoms with Crippen molar-refractivity contribution >= 4 is 47.4 Å². The van der Waals surface area contributed by atoms with Crippen LogP contribution in [0.4, 0.5) is 5.69 Å². The molecule has 1 aliphatic rings. The summed E-state index contributed by atoms with van der Waals surface area (Å²) in [6.07, 6.45) is 3.24. The summed E-state index contributed by atoms with van der Waals surface area (Å²) in [5, 5.41) is 5.95. The van der Waals surface area contributed by atoms with Gasteiger partial charge in [-0.1, -0.05) is 0 Å². The van der Waals surface area contributed by atoms with Gasteiger partial charge in [-0.3, -0.25) is 14.6 Å². The van der Waals surface area contributed by atoms with E-state index in [1.54, 1.807) is 31.5 Å². The van der Waals surface area contributed by atoms with Crippen molar-refractivity contribution in [3.8, 4) is 0 Å². The zero-order valence-corrected chi connectivity index (χ0v) is 16.9. The largest absolute Gasteiger partial charge is 0.357 e. The van der Waals surface area contributed by atoms with E-state index in [0.717, 1.165) is 6.54 Å². The first kappa shape index (κ1) is 21.1. The monoisotopic (exact) mass is 460 g/mol. The van der Waals surface area contributed by atoms with E-state index < -0.39 is 0 Å². The third kappa shape index (κ3) is 6.85. The molecule has 2 heterocycles. The van der Waals surface area contributed by atoms with Crippen molar-refractivity contribution in [3.63, 3.8) is 0 Å². The summed E-state index contributed by atoms with van der Waals surface area (Å²) >= 11 is 0. The average Bonchev–Trinajstić information content (AvgIpc) is 2.59. The van der Waals surface area contributed by atoms with Gasteiger partial charge in [0.1, 0.15) is 6.54 Å². The molecule has 0 spiro atoms. The molecule has 1 fully saturated rings. The molecule has 25 heavy (non-hydrogen) atoms. The predicted molar refractivity (Wildman–Crippen MR) is 108 cm³/mol. The lowest BCUT2D eigenvalue weighted by Gasteiger charge is -2.36. The van der Waals surface area contributed by atoms with Crippen molar-refractivity contribution < 1.29 is 9.59 Å². The molecule has 0 unspecified atom stereocenters. The number of rotatable bonds is 4. The van der Waals surface area contributed by atoms with Crippen molar-refractivity contribution in [2.75, 3.05) is 44.6 Å². The Morgan fingerprint density at radius 2 is 1.92 bits per heavy atom. The highest BCUT2D eigenvalue weighted by molar-refractivity contribution is 14.0. The van der Waals surface area contributed by atoms with Gasteiger partial charge in [-0.2, -0.15) is 0 Å². The van der Waals surface area contributed by atoms with Crippen LogP contribution in [0.2, 0.25) is 0 Å². The number of anilines is 1. The topological polar surface area (TPSA) is 89.9 Å². The van der Waals surface area contributed by atoms with Crippen LogP contribution in [0.25, 0.3) is 0 Å². The van der Waals surface area contributed by atoms with Crippen LogP contribution in [0.5, 0.6) is 0 Å². The number of nitrogens with one attached hydrogen (secondary N) is 2. The fraction of sp³-hybridized carbons (Fsp3) is 0.500. The van der Waals surface area contributed by atoms with E-state index >= 15 is 0 Å². The fourth-order valence-corrected chi connectivity index (χ4v) is 2.44. The lowest BCUT2D eigenvalue weighted by Crippen LogP contribution is -2.53. The second-order valence-electron chi connectivity index (χ2n) is 5.45. The highest BCUT2D eigenvalue weighted by Crippen LogP contribution is 2.04. The SMILES string of the molecule is CCNC(=NCC(=O)Nc1cccnc1)N1CCN(C(C)=O)CC1.I. The lowest BCUT2D eigenvalue weighted by molar-refractivity contribution is -0.130. The summed E-state index contributed by atoms with van der Waals surface area (Å²) in [5.41, 5.74) is 0.651. The minimum atomic E-state index is -0.194. The van der Waals surface area contributed by atoms with Gasteiger partial charge in [0.15, 0.2) is 5.96 Å². The number of amides is 2. The molecule has 138 valence electrons. The van der Waals surface area contributed by atoms with Crippen LogP contribution in [-0.2, 0) is 9.59 Å². The molecule has 2 amide bonds. The maximum Gasteiger partial charge on any atom is 0.246 e. The second kappa shape index (κ2) is 10.9. The minimum Gasteiger partial charge on any atom is -0.357 e. The van der Waals surface area contributed by atoms with E-state index in [1.165, 1.54) is 0 Å². The van der Waals surface area contributed by atoms with E-state index in [1.807, 2.05) is 11.8 Å². The number of pyridine rings is 1. The van der Waals surface area contributed by atoms with Crippen molar-refractivity contribution in [1.82, 2.24) is 20.1 Å². The first-order chi connectivity index (χ1) is 11.6. The number of carbonyl (C=O) groups excluding carboxylic acids is 2. The van der Waals surface area contributed by atoms with Gasteiger partial charge in [0.2, 0.25) is 11.8 Å². The number of halogens is 1. The molecular formula is C16H25IN6O2. The molecular weight excluding hydrogens is 435 g/mol. The van der Waals surface area contributed by atoms with Gasteiger partial charge in [-0.15, -0.1) is 24.0 Å². The maximum absolute atomic E-state index is 12.0. The number of hydrogen-bond donors (Lipinski definition) is 2. The van der Waals surface area contributed by atoms with Crippen LogP contribution in [0.15, 0.2) is 29.5 Å². The Labute approximate surface area is 165 Å². The van der Waals surface area contributed by atoms with Gasteiger partial charge in [0.25, 0.3) is 0 Å². The number of guanidine groups is 1. The Bertz CT molecular complexity index is 588. The summed E-state index contributed by atoms with van der Waals surface area (Å²) in [6.45, 7) is 7.06. The van der Waals surface area contributed by atoms with Crippen molar-refractivity contribution in [2.45, 2.75) is 13.8 Å². The van der Waals surface area contributed by atoms with Crippen LogP contribution in [0.1, 0.15) is 13.8 Å². The zero-order chi connectivity index (χ0) is 17.4. The Morgan fingerprint density at radius 1 is 1.24 bits per heavy atom. The van der Waals surface area contributed by atoms with Crippen LogP contribution in [0.3, 0.4) is 0 Å². The third-order valence-corrected chi connectivity index (χ3v) is 3.68. The van der Waals surface area contributed by atoms with E-state index in [-0.39, 0.29) is 42.3 Å². The second-order valence-corrected chi connectivity index (χ2v) is 5.45. The standard InChI is InChI=1S/C16H24N6O2.HI/c1-3-18-16(22-9-7-21(8-10-22)13(2)23)19-12-15(24)20-14-5-4-6-17-11-14;/h4-6,11H,3,7-10,12H2,1-2H3,(H,18,19)(H,20,24);1H. The van der Waals surface area contributed by atoms with Crippen molar-refractivity contribution in [1.29, 1.82) is 0 Å². The Kier molecular flexibility index (Phi) is 9.17. The van der Waals surface area contributed by atoms with Crippen LogP contribution >= 0.6 is 24.0 Å². The molecule has 0 atom stereocenters. The highest BCUT2D eigenvalue weighted by atomic mass is 127. The van der Waals surface area contributed by atoms with Crippen molar-refractivity contribution in [2.24, 2.45) is 4.99 Å². The molecule has 1 aliphatic heterocycles. The molecule has 1 saturated heterocycles. The van der Waals surface area contributed by atoms with Crippen LogP contribution in [0, 0.1) is 0 Å². The van der Waals surface area contributed by atoms with E-state index in [2.05, 4.69) is 25.5 Å². The fourth-order valence-electron chi connectivity index (χ4n) is 2.44. The lowest BCUT2D eigenvalue weighted by atomic mass is 10.3. The number of carbonyl (C=O) groups is 2. The van der Waals surface area contributed by atoms with Gasteiger partial charge in [0, 0.05) is 45.8 Å². The average molecular weight is 460 g/mol. The smallest absolute Gasteiger partial charge is 0.246 e. The summed E-state index contributed by atoms with van der Waals surface area (Å²) in [5.74, 6) is 0.593. The predicted octanol–water partition coefficient (Wildman–Crippen LogP) is 0.768. The van der Waals surface area contributed by atoms with Crippen LogP contribution in [-0.4, -0.2) is 71.8 Å². The summed E-state index contributed by atoms with van der Waals surface area (Å²) < 4.78 is 0. The normalized spacial score (nSPS) is 14.6. The summed E-state index contributed by atoms with van der Waals surface area (Å²) in [7, 11) is 0. The molecule has 0 radical (unpaired) electrons. The molecule has 0 saturated carbocycles. The molecule has 9 heteroatoms. The van der Waals surface area contributed by atoms with E-state index in [0.29, 0.717) is 37.8 Å². The Morgan fingerprint density at radius 3 is 2.48 bits per heavy atom. The number of hydrogen-bond acceptors (Lipinski definition) is 4. The Balaban J connectivity index is 0.00000312. The number of nitrogens with zero attached hydrogens (tertiary/aromatic N) is 4. The van der Waals surface area contributed by atoms with E-state index in [9.17, 15) is 9.59 Å². The highest BCUT2D eigenvalue weighted by Gasteiger charge is 2.21. The molecule has 2 rings (SSSR count). The number of piperazine rings is 1. The summed E-state index contributed by atoms with van der Waals surface area (Å²) in [4.78, 5) is 35.6. The minimum absolute atomic E-state index is 0. The van der Waals surface area contributed by atoms with Gasteiger partial charge in [-0.05, 0) is 19.1 Å². The molecule has 0 bridgehead atoms. The zero-order valence-electron chi connectivity index (χ0n) is 14.6. The molecule has 0 aliphatic carbocycles.